The molecule has 1 rings (SSSR count). The predicted octanol–water partition coefficient (Wildman–Crippen LogP) is 1.74. The van der Waals surface area contributed by atoms with Crippen molar-refractivity contribution in [3.63, 3.8) is 0 Å². The van der Waals surface area contributed by atoms with Crippen LogP contribution in [0.25, 0.3) is 0 Å². The molecule has 1 unspecified atom stereocenters. The van der Waals surface area contributed by atoms with Crippen LogP contribution in [0.3, 0.4) is 0 Å². The topological polar surface area (TPSA) is 41.5 Å². The maximum Gasteiger partial charge on any atom is 0.141 e. The summed E-state index contributed by atoms with van der Waals surface area (Å²) in [7, 11) is 1.65. The SMILES string of the molecule is COc1ccccc1NCC(C)CO. The lowest BCUT2D eigenvalue weighted by molar-refractivity contribution is 0.244. The summed E-state index contributed by atoms with van der Waals surface area (Å²) in [5, 5.41) is 12.1. The van der Waals surface area contributed by atoms with Crippen LogP contribution in [-0.2, 0) is 0 Å². The first kappa shape index (κ1) is 10.9. The minimum absolute atomic E-state index is 0.197. The van der Waals surface area contributed by atoms with Gasteiger partial charge in [-0.15, -0.1) is 0 Å². The maximum atomic E-state index is 8.87. The fraction of sp³-hybridized carbons (Fsp3) is 0.455. The van der Waals surface area contributed by atoms with E-state index in [0.717, 1.165) is 18.0 Å². The van der Waals surface area contributed by atoms with Crippen LogP contribution in [0.4, 0.5) is 5.69 Å². The number of rotatable bonds is 5. The average Bonchev–Trinajstić information content (AvgIpc) is 2.26. The molecule has 0 aliphatic heterocycles. The van der Waals surface area contributed by atoms with Crippen LogP contribution in [-0.4, -0.2) is 25.4 Å². The average molecular weight is 195 g/mol. The molecule has 0 saturated heterocycles. The quantitative estimate of drug-likeness (QED) is 0.752. The summed E-state index contributed by atoms with van der Waals surface area (Å²) in [6.45, 7) is 2.93. The summed E-state index contributed by atoms with van der Waals surface area (Å²) in [6.07, 6.45) is 0. The van der Waals surface area contributed by atoms with Crippen LogP contribution >= 0.6 is 0 Å². The van der Waals surface area contributed by atoms with Gasteiger partial charge in [-0.2, -0.15) is 0 Å². The fourth-order valence-electron chi connectivity index (χ4n) is 1.14. The van der Waals surface area contributed by atoms with Crippen molar-refractivity contribution in [2.45, 2.75) is 6.92 Å². The Labute approximate surface area is 84.7 Å². The van der Waals surface area contributed by atoms with E-state index in [0.29, 0.717) is 0 Å². The number of hydrogen-bond acceptors (Lipinski definition) is 3. The number of ether oxygens (including phenoxy) is 1. The van der Waals surface area contributed by atoms with E-state index in [2.05, 4.69) is 5.32 Å². The Hall–Kier alpha value is -1.22. The molecule has 1 atom stereocenters. The number of para-hydroxylation sites is 2. The van der Waals surface area contributed by atoms with E-state index in [-0.39, 0.29) is 12.5 Å². The van der Waals surface area contributed by atoms with Crippen LogP contribution in [0.15, 0.2) is 24.3 Å². The Bertz CT molecular complexity index is 276. The third-order valence-electron chi connectivity index (χ3n) is 2.06. The van der Waals surface area contributed by atoms with Crippen molar-refractivity contribution in [1.29, 1.82) is 0 Å². The highest BCUT2D eigenvalue weighted by atomic mass is 16.5. The number of nitrogens with one attached hydrogen (secondary N) is 1. The fourth-order valence-corrected chi connectivity index (χ4v) is 1.14. The van der Waals surface area contributed by atoms with Gasteiger partial charge in [-0.25, -0.2) is 0 Å². The van der Waals surface area contributed by atoms with Crippen LogP contribution < -0.4 is 10.1 Å². The van der Waals surface area contributed by atoms with Gasteiger partial charge in [0.15, 0.2) is 0 Å². The van der Waals surface area contributed by atoms with Gasteiger partial charge in [0.1, 0.15) is 5.75 Å². The zero-order valence-electron chi connectivity index (χ0n) is 8.66. The van der Waals surface area contributed by atoms with E-state index in [9.17, 15) is 0 Å². The standard InChI is InChI=1S/C11H17NO2/c1-9(8-13)7-12-10-5-3-4-6-11(10)14-2/h3-6,9,12-13H,7-8H2,1-2H3. The molecule has 0 bridgehead atoms. The van der Waals surface area contributed by atoms with Crippen LogP contribution in [0.2, 0.25) is 0 Å². The third-order valence-corrected chi connectivity index (χ3v) is 2.06. The van der Waals surface area contributed by atoms with E-state index < -0.39 is 0 Å². The highest BCUT2D eigenvalue weighted by Gasteiger charge is 2.03. The molecule has 0 aliphatic carbocycles. The van der Waals surface area contributed by atoms with Gasteiger partial charge in [0.05, 0.1) is 12.8 Å². The molecule has 0 aliphatic rings. The molecule has 1 aromatic rings. The van der Waals surface area contributed by atoms with Crippen molar-refractivity contribution < 1.29 is 9.84 Å². The van der Waals surface area contributed by atoms with E-state index in [4.69, 9.17) is 9.84 Å². The van der Waals surface area contributed by atoms with Crippen molar-refractivity contribution in [2.75, 3.05) is 25.6 Å². The van der Waals surface area contributed by atoms with Crippen molar-refractivity contribution in [3.8, 4) is 5.75 Å². The Morgan fingerprint density at radius 1 is 1.43 bits per heavy atom. The molecular weight excluding hydrogens is 178 g/mol. The highest BCUT2D eigenvalue weighted by molar-refractivity contribution is 5.56. The smallest absolute Gasteiger partial charge is 0.141 e. The zero-order chi connectivity index (χ0) is 10.4. The minimum Gasteiger partial charge on any atom is -0.495 e. The van der Waals surface area contributed by atoms with E-state index >= 15 is 0 Å². The number of anilines is 1. The minimum atomic E-state index is 0.197. The molecule has 3 nitrogen and oxygen atoms in total. The van der Waals surface area contributed by atoms with Gasteiger partial charge < -0.3 is 15.2 Å². The molecular formula is C11H17NO2. The second-order valence-electron chi connectivity index (χ2n) is 3.37. The lowest BCUT2D eigenvalue weighted by Gasteiger charge is -2.13. The monoisotopic (exact) mass is 195 g/mol. The summed E-state index contributed by atoms with van der Waals surface area (Å²) in [5.74, 6) is 1.08. The number of benzene rings is 1. The van der Waals surface area contributed by atoms with E-state index in [1.807, 2.05) is 31.2 Å². The Morgan fingerprint density at radius 3 is 2.79 bits per heavy atom. The largest absolute Gasteiger partial charge is 0.495 e. The summed E-state index contributed by atoms with van der Waals surface area (Å²) in [4.78, 5) is 0. The predicted molar refractivity (Wildman–Crippen MR) is 57.7 cm³/mol. The van der Waals surface area contributed by atoms with Gasteiger partial charge >= 0.3 is 0 Å². The van der Waals surface area contributed by atoms with Crippen molar-refractivity contribution >= 4 is 5.69 Å². The molecule has 0 spiro atoms. The van der Waals surface area contributed by atoms with Crippen molar-refractivity contribution in [1.82, 2.24) is 0 Å². The third kappa shape index (κ3) is 2.92. The van der Waals surface area contributed by atoms with Gasteiger partial charge in [0.25, 0.3) is 0 Å². The Kier molecular flexibility index (Phi) is 4.26. The highest BCUT2D eigenvalue weighted by Crippen LogP contribution is 2.22. The molecule has 0 saturated carbocycles. The molecule has 0 fully saturated rings. The molecule has 0 amide bonds. The van der Waals surface area contributed by atoms with Crippen LogP contribution in [0, 0.1) is 5.92 Å². The first-order valence-corrected chi connectivity index (χ1v) is 4.75. The number of methoxy groups -OCH3 is 1. The van der Waals surface area contributed by atoms with E-state index in [1.165, 1.54) is 0 Å². The molecule has 78 valence electrons. The zero-order valence-corrected chi connectivity index (χ0v) is 8.66. The van der Waals surface area contributed by atoms with Crippen LogP contribution in [0.1, 0.15) is 6.92 Å². The van der Waals surface area contributed by atoms with E-state index in [1.54, 1.807) is 7.11 Å². The Balaban J connectivity index is 2.57. The van der Waals surface area contributed by atoms with Crippen LogP contribution in [0.5, 0.6) is 5.75 Å². The Morgan fingerprint density at radius 2 is 2.14 bits per heavy atom. The number of aliphatic hydroxyl groups is 1. The molecule has 14 heavy (non-hydrogen) atoms. The lowest BCUT2D eigenvalue weighted by Crippen LogP contribution is -2.14. The summed E-state index contributed by atoms with van der Waals surface area (Å²) < 4.78 is 5.19. The molecule has 0 aromatic heterocycles. The molecule has 1 aromatic carbocycles. The number of aliphatic hydroxyl groups excluding tert-OH is 1. The van der Waals surface area contributed by atoms with Gasteiger partial charge in [-0.05, 0) is 18.1 Å². The lowest BCUT2D eigenvalue weighted by atomic mass is 10.2. The molecule has 3 heteroatoms. The van der Waals surface area contributed by atoms with Gasteiger partial charge in [0.2, 0.25) is 0 Å². The summed E-state index contributed by atoms with van der Waals surface area (Å²) in [5.41, 5.74) is 0.968. The molecule has 2 N–H and O–H groups in total. The normalized spacial score (nSPS) is 12.2. The van der Waals surface area contributed by atoms with Crippen molar-refractivity contribution in [3.05, 3.63) is 24.3 Å². The van der Waals surface area contributed by atoms with Crippen molar-refractivity contribution in [2.24, 2.45) is 5.92 Å². The second kappa shape index (κ2) is 5.50. The number of hydrogen-bond donors (Lipinski definition) is 2. The van der Waals surface area contributed by atoms with Gasteiger partial charge in [0, 0.05) is 13.2 Å². The van der Waals surface area contributed by atoms with Gasteiger partial charge in [-0.1, -0.05) is 19.1 Å². The van der Waals surface area contributed by atoms with Gasteiger partial charge in [-0.3, -0.25) is 0 Å². The first-order chi connectivity index (χ1) is 6.77. The maximum absolute atomic E-state index is 8.87. The molecule has 0 heterocycles. The summed E-state index contributed by atoms with van der Waals surface area (Å²) >= 11 is 0. The second-order valence-corrected chi connectivity index (χ2v) is 3.37. The summed E-state index contributed by atoms with van der Waals surface area (Å²) in [6, 6.07) is 7.75. The first-order valence-electron chi connectivity index (χ1n) is 4.75. The molecule has 0 radical (unpaired) electrons.